The molecule has 0 bridgehead atoms. The first-order chi connectivity index (χ1) is 4.09. The van der Waals surface area contributed by atoms with Gasteiger partial charge in [-0.05, 0) is 5.92 Å². The van der Waals surface area contributed by atoms with Gasteiger partial charge in [0.15, 0.2) is 0 Å². The fourth-order valence-electron chi connectivity index (χ4n) is 0.393. The Kier molecular flexibility index (Phi) is 3.70. The molecule has 0 fully saturated rings. The Labute approximate surface area is 61.0 Å². The first-order valence-corrected chi connectivity index (χ1v) is 3.37. The average Bonchev–Trinajstić information content (AvgIpc) is 1.84. The van der Waals surface area contributed by atoms with E-state index in [0.717, 1.165) is 0 Å². The molecule has 0 aliphatic carbocycles. The third kappa shape index (κ3) is 2.75. The summed E-state index contributed by atoms with van der Waals surface area (Å²) in [5.74, 6) is -0.0193. The minimum Gasteiger partial charge on any atom is -0.468 e. The fourth-order valence-corrected chi connectivity index (χ4v) is 0.498. The van der Waals surface area contributed by atoms with E-state index in [1.807, 2.05) is 13.8 Å². The number of methoxy groups -OCH3 is 1. The first kappa shape index (κ1) is 8.82. The zero-order chi connectivity index (χ0) is 7.44. The van der Waals surface area contributed by atoms with E-state index in [-0.39, 0.29) is 17.1 Å². The molecule has 0 saturated heterocycles. The molecular weight excluding hydrogens is 136 g/mol. The number of hydrogen-bond acceptors (Lipinski definition) is 3. The second-order valence-corrected chi connectivity index (χ2v) is 2.77. The normalized spacial score (nSPS) is 13.4. The lowest BCUT2D eigenvalue weighted by Gasteiger charge is -2.10. The summed E-state index contributed by atoms with van der Waals surface area (Å²) < 4.78 is 4.46. The van der Waals surface area contributed by atoms with Crippen LogP contribution >= 0.6 is 12.6 Å². The van der Waals surface area contributed by atoms with Crippen LogP contribution in [0.4, 0.5) is 0 Å². The van der Waals surface area contributed by atoms with Gasteiger partial charge in [-0.2, -0.15) is 12.6 Å². The molecule has 0 rings (SSSR count). The predicted octanol–water partition coefficient (Wildman–Crippen LogP) is 1.11. The molecular formula is C6H12O2S. The van der Waals surface area contributed by atoms with Gasteiger partial charge in [-0.15, -0.1) is 0 Å². The summed E-state index contributed by atoms with van der Waals surface area (Å²) in [6.45, 7) is 3.85. The maximum atomic E-state index is 10.7. The van der Waals surface area contributed by atoms with E-state index in [1.54, 1.807) is 0 Å². The Hall–Kier alpha value is -0.180. The van der Waals surface area contributed by atoms with Crippen molar-refractivity contribution in [2.45, 2.75) is 19.1 Å². The molecule has 0 aromatic rings. The Bertz CT molecular complexity index is 101. The van der Waals surface area contributed by atoms with Crippen molar-refractivity contribution in [3.63, 3.8) is 0 Å². The lowest BCUT2D eigenvalue weighted by molar-refractivity contribution is -0.140. The van der Waals surface area contributed by atoms with Crippen molar-refractivity contribution in [2.24, 2.45) is 5.92 Å². The Balaban J connectivity index is 3.72. The van der Waals surface area contributed by atoms with E-state index >= 15 is 0 Å². The lowest BCUT2D eigenvalue weighted by Crippen LogP contribution is -2.21. The van der Waals surface area contributed by atoms with Crippen LogP contribution in [-0.4, -0.2) is 18.3 Å². The van der Waals surface area contributed by atoms with E-state index in [2.05, 4.69) is 17.4 Å². The largest absolute Gasteiger partial charge is 0.468 e. The number of esters is 1. The van der Waals surface area contributed by atoms with Crippen LogP contribution in [-0.2, 0) is 9.53 Å². The van der Waals surface area contributed by atoms with Gasteiger partial charge in [0.05, 0.1) is 7.11 Å². The monoisotopic (exact) mass is 148 g/mol. The number of ether oxygens (including phenoxy) is 1. The number of hydrogen-bond donors (Lipinski definition) is 1. The second-order valence-electron chi connectivity index (χ2n) is 2.21. The van der Waals surface area contributed by atoms with E-state index in [1.165, 1.54) is 7.11 Å². The number of thiol groups is 1. The van der Waals surface area contributed by atoms with Crippen LogP contribution in [0.1, 0.15) is 13.8 Å². The summed E-state index contributed by atoms with van der Waals surface area (Å²) >= 11 is 4.03. The van der Waals surface area contributed by atoms with Crippen molar-refractivity contribution in [1.29, 1.82) is 0 Å². The van der Waals surface area contributed by atoms with Gasteiger partial charge in [0.2, 0.25) is 0 Å². The van der Waals surface area contributed by atoms with Gasteiger partial charge in [0.1, 0.15) is 5.25 Å². The highest BCUT2D eigenvalue weighted by molar-refractivity contribution is 7.81. The molecule has 3 heteroatoms. The van der Waals surface area contributed by atoms with Crippen LogP contribution in [0.3, 0.4) is 0 Å². The van der Waals surface area contributed by atoms with Gasteiger partial charge in [-0.25, -0.2) is 0 Å². The second kappa shape index (κ2) is 3.77. The summed E-state index contributed by atoms with van der Waals surface area (Å²) in [5.41, 5.74) is 0. The van der Waals surface area contributed by atoms with Crippen molar-refractivity contribution >= 4 is 18.6 Å². The Morgan fingerprint density at radius 2 is 2.00 bits per heavy atom. The topological polar surface area (TPSA) is 26.3 Å². The van der Waals surface area contributed by atoms with Crippen molar-refractivity contribution in [3.05, 3.63) is 0 Å². The molecule has 0 saturated carbocycles. The predicted molar refractivity (Wildman–Crippen MR) is 39.6 cm³/mol. The molecule has 54 valence electrons. The Morgan fingerprint density at radius 3 is 2.11 bits per heavy atom. The van der Waals surface area contributed by atoms with E-state index in [9.17, 15) is 4.79 Å². The smallest absolute Gasteiger partial charge is 0.318 e. The fraction of sp³-hybridized carbons (Fsp3) is 0.833. The van der Waals surface area contributed by atoms with E-state index < -0.39 is 0 Å². The standard InChI is InChI=1S/C6H12O2S/c1-4(2)5(9)6(7)8-3/h4-5,9H,1-3H3. The quantitative estimate of drug-likeness (QED) is 0.469. The summed E-state index contributed by atoms with van der Waals surface area (Å²) in [4.78, 5) is 10.7. The maximum Gasteiger partial charge on any atom is 0.318 e. The molecule has 9 heavy (non-hydrogen) atoms. The first-order valence-electron chi connectivity index (χ1n) is 2.85. The molecule has 1 atom stereocenters. The Morgan fingerprint density at radius 1 is 1.56 bits per heavy atom. The minimum atomic E-state index is -0.282. The third-order valence-corrected chi connectivity index (χ3v) is 1.88. The van der Waals surface area contributed by atoms with Gasteiger partial charge in [0.25, 0.3) is 0 Å². The zero-order valence-corrected chi connectivity index (χ0v) is 6.81. The van der Waals surface area contributed by atoms with Crippen molar-refractivity contribution < 1.29 is 9.53 Å². The van der Waals surface area contributed by atoms with Gasteiger partial charge in [-0.1, -0.05) is 13.8 Å². The van der Waals surface area contributed by atoms with Crippen LogP contribution in [0, 0.1) is 5.92 Å². The number of carbonyl (C=O) groups is 1. The molecule has 0 radical (unpaired) electrons. The van der Waals surface area contributed by atoms with Crippen LogP contribution in [0.2, 0.25) is 0 Å². The van der Waals surface area contributed by atoms with Crippen molar-refractivity contribution in [2.75, 3.05) is 7.11 Å². The molecule has 0 aromatic carbocycles. The lowest BCUT2D eigenvalue weighted by atomic mass is 10.1. The van der Waals surface area contributed by atoms with Crippen molar-refractivity contribution in [3.8, 4) is 0 Å². The molecule has 2 nitrogen and oxygen atoms in total. The van der Waals surface area contributed by atoms with Crippen LogP contribution < -0.4 is 0 Å². The highest BCUT2D eigenvalue weighted by atomic mass is 32.1. The molecule has 0 amide bonds. The van der Waals surface area contributed by atoms with Crippen LogP contribution in [0.5, 0.6) is 0 Å². The molecule has 0 heterocycles. The SMILES string of the molecule is COC(=O)C(S)C(C)C. The van der Waals surface area contributed by atoms with E-state index in [0.29, 0.717) is 0 Å². The average molecular weight is 148 g/mol. The van der Waals surface area contributed by atoms with Gasteiger partial charge >= 0.3 is 5.97 Å². The van der Waals surface area contributed by atoms with Gasteiger partial charge < -0.3 is 4.74 Å². The molecule has 0 aliphatic heterocycles. The molecule has 0 spiro atoms. The highest BCUT2D eigenvalue weighted by Crippen LogP contribution is 2.09. The maximum absolute atomic E-state index is 10.7. The molecule has 0 N–H and O–H groups in total. The number of rotatable bonds is 2. The molecule has 1 unspecified atom stereocenters. The minimum absolute atomic E-state index is 0.237. The summed E-state index contributed by atoms with van der Waals surface area (Å²) in [5, 5.41) is -0.282. The summed E-state index contributed by atoms with van der Waals surface area (Å²) in [6.07, 6.45) is 0. The van der Waals surface area contributed by atoms with Crippen molar-refractivity contribution in [1.82, 2.24) is 0 Å². The summed E-state index contributed by atoms with van der Waals surface area (Å²) in [7, 11) is 1.37. The molecule has 0 aliphatic rings. The van der Waals surface area contributed by atoms with Crippen LogP contribution in [0.25, 0.3) is 0 Å². The van der Waals surface area contributed by atoms with Gasteiger partial charge in [-0.3, -0.25) is 4.79 Å². The molecule has 0 aromatic heterocycles. The van der Waals surface area contributed by atoms with Crippen LogP contribution in [0.15, 0.2) is 0 Å². The summed E-state index contributed by atoms with van der Waals surface area (Å²) in [6, 6.07) is 0. The van der Waals surface area contributed by atoms with Gasteiger partial charge in [0, 0.05) is 0 Å². The third-order valence-electron chi connectivity index (χ3n) is 1.07. The number of carbonyl (C=O) groups excluding carboxylic acids is 1. The van der Waals surface area contributed by atoms with E-state index in [4.69, 9.17) is 0 Å². The zero-order valence-electron chi connectivity index (χ0n) is 5.92. The highest BCUT2D eigenvalue weighted by Gasteiger charge is 2.17.